The zero-order chi connectivity index (χ0) is 25.0. The van der Waals surface area contributed by atoms with E-state index in [0.29, 0.717) is 64.5 Å². The summed E-state index contributed by atoms with van der Waals surface area (Å²) < 4.78 is 3.59. The zero-order valence-electron chi connectivity index (χ0n) is 19.2. The van der Waals surface area contributed by atoms with Crippen molar-refractivity contribution in [1.82, 2.24) is 24.5 Å². The molecule has 6 rings (SSSR count). The number of nitrogens with zero attached hydrogens (tertiary/aromatic N) is 6. The lowest BCUT2D eigenvalue weighted by molar-refractivity contribution is -0.757. The fourth-order valence-electron chi connectivity index (χ4n) is 4.52. The van der Waals surface area contributed by atoms with Crippen molar-refractivity contribution in [3.05, 3.63) is 47.5 Å². The van der Waals surface area contributed by atoms with Crippen LogP contribution in [0.3, 0.4) is 0 Å². The van der Waals surface area contributed by atoms with E-state index in [4.69, 9.17) is 22.4 Å². The minimum atomic E-state index is -0.117. The normalized spacial score (nSPS) is 14.6. The summed E-state index contributed by atoms with van der Waals surface area (Å²) in [6.45, 7) is 2.76. The quantitative estimate of drug-likeness (QED) is 0.311. The van der Waals surface area contributed by atoms with Gasteiger partial charge in [-0.15, -0.1) is 0 Å². The monoisotopic (exact) mass is 505 g/mol. The van der Waals surface area contributed by atoms with Crippen molar-refractivity contribution in [3.8, 4) is 22.5 Å². The Balaban J connectivity index is 1.58. The van der Waals surface area contributed by atoms with Crippen molar-refractivity contribution >= 4 is 46.4 Å². The highest BCUT2D eigenvalue weighted by atomic mass is 35.5. The van der Waals surface area contributed by atoms with Gasteiger partial charge in [-0.05, 0) is 24.6 Å². The van der Waals surface area contributed by atoms with Crippen LogP contribution < -0.4 is 26.5 Å². The van der Waals surface area contributed by atoms with Crippen molar-refractivity contribution < 1.29 is 14.3 Å². The molecule has 5 N–H and O–H groups in total. The average molecular weight is 506 g/mol. The van der Waals surface area contributed by atoms with Crippen molar-refractivity contribution in [1.29, 1.82) is 0 Å². The van der Waals surface area contributed by atoms with Crippen LogP contribution in [0, 0.1) is 6.92 Å². The number of nitrogen functional groups attached to an aromatic ring is 1. The van der Waals surface area contributed by atoms with Crippen LogP contribution in [-0.2, 0) is 22.7 Å². The first kappa shape index (κ1) is 22.0. The first-order valence-electron chi connectivity index (χ1n) is 11.3. The van der Waals surface area contributed by atoms with Crippen LogP contribution in [0.1, 0.15) is 18.4 Å². The molecular weight excluding hydrogens is 484 g/mol. The molecule has 6 heterocycles. The molecule has 0 radical (unpaired) electrons. The molecule has 182 valence electrons. The van der Waals surface area contributed by atoms with Gasteiger partial charge < -0.3 is 11.1 Å². The van der Waals surface area contributed by atoms with E-state index in [9.17, 15) is 9.59 Å². The third kappa shape index (κ3) is 3.62. The van der Waals surface area contributed by atoms with Gasteiger partial charge in [0.15, 0.2) is 11.5 Å². The molecular formula is C23H22ClN10O2+. The van der Waals surface area contributed by atoms with Gasteiger partial charge in [-0.3, -0.25) is 19.6 Å². The molecule has 36 heavy (non-hydrogen) atoms. The van der Waals surface area contributed by atoms with Crippen molar-refractivity contribution in [2.24, 2.45) is 0 Å². The highest BCUT2D eigenvalue weighted by molar-refractivity contribution is 6.30. The number of carbonyl (C=O) groups excluding carboxylic acids is 2. The number of aryl methyl sites for hydroxylation is 2. The third-order valence-electron chi connectivity index (χ3n) is 6.14. The molecule has 13 heteroatoms. The van der Waals surface area contributed by atoms with Gasteiger partial charge in [-0.1, -0.05) is 16.4 Å². The van der Waals surface area contributed by atoms with Gasteiger partial charge in [-0.2, -0.15) is 15.2 Å². The van der Waals surface area contributed by atoms with Gasteiger partial charge in [0.2, 0.25) is 5.91 Å². The molecule has 0 spiro atoms. The SMILES string of the molecule is Cc1cncc(-c2c(N)c3[n+](n2Nc2c(-c4cncc(Cl)c4)nn4c2NC(=O)CC4)CCC(=O)N3)c1. The van der Waals surface area contributed by atoms with Crippen LogP contribution in [0.2, 0.25) is 5.02 Å². The topological polar surface area (TPSA) is 149 Å². The van der Waals surface area contributed by atoms with Crippen molar-refractivity contribution in [2.75, 3.05) is 21.8 Å². The molecule has 0 atom stereocenters. The van der Waals surface area contributed by atoms with Crippen LogP contribution in [0.4, 0.5) is 23.0 Å². The summed E-state index contributed by atoms with van der Waals surface area (Å²) in [6, 6.07) is 3.72. The van der Waals surface area contributed by atoms with Crippen LogP contribution in [-0.4, -0.2) is 36.4 Å². The van der Waals surface area contributed by atoms with E-state index in [1.54, 1.807) is 40.3 Å². The Kier molecular flexibility index (Phi) is 5.11. The molecule has 2 aliphatic heterocycles. The molecule has 0 saturated heterocycles. The predicted octanol–water partition coefficient (Wildman–Crippen LogP) is 2.20. The molecule has 0 bridgehead atoms. The number of hydrogen-bond acceptors (Lipinski definition) is 7. The lowest BCUT2D eigenvalue weighted by Gasteiger charge is -2.17. The maximum atomic E-state index is 12.3. The van der Waals surface area contributed by atoms with Gasteiger partial charge >= 0.3 is 0 Å². The number of anilines is 4. The molecule has 0 aromatic carbocycles. The predicted molar refractivity (Wildman–Crippen MR) is 133 cm³/mol. The van der Waals surface area contributed by atoms with Gasteiger partial charge in [0, 0.05) is 42.3 Å². The Labute approximate surface area is 210 Å². The van der Waals surface area contributed by atoms with Gasteiger partial charge in [0.25, 0.3) is 11.7 Å². The maximum absolute atomic E-state index is 12.3. The largest absolute Gasteiger partial charge is 0.391 e. The maximum Gasteiger partial charge on any atom is 0.283 e. The summed E-state index contributed by atoms with van der Waals surface area (Å²) in [6.07, 6.45) is 7.26. The lowest BCUT2D eigenvalue weighted by atomic mass is 10.1. The molecule has 0 fully saturated rings. The van der Waals surface area contributed by atoms with E-state index in [0.717, 1.165) is 11.1 Å². The highest BCUT2D eigenvalue weighted by Crippen LogP contribution is 2.38. The number of halogens is 1. The van der Waals surface area contributed by atoms with Gasteiger partial charge in [-0.25, -0.2) is 10.00 Å². The molecule has 0 aliphatic carbocycles. The Morgan fingerprint density at radius 3 is 2.64 bits per heavy atom. The molecule has 4 aromatic heterocycles. The number of nitrogens with one attached hydrogen (secondary N) is 3. The number of carbonyl (C=O) groups is 2. The van der Waals surface area contributed by atoms with Crippen molar-refractivity contribution in [3.63, 3.8) is 0 Å². The Morgan fingerprint density at radius 2 is 1.83 bits per heavy atom. The second-order valence-electron chi connectivity index (χ2n) is 8.69. The average Bonchev–Trinajstić information content (AvgIpc) is 3.34. The molecule has 12 nitrogen and oxygen atoms in total. The summed E-state index contributed by atoms with van der Waals surface area (Å²) in [7, 11) is 0. The summed E-state index contributed by atoms with van der Waals surface area (Å²) in [5.74, 6) is 0.759. The third-order valence-corrected chi connectivity index (χ3v) is 6.34. The lowest BCUT2D eigenvalue weighted by Crippen LogP contribution is -2.52. The first-order valence-corrected chi connectivity index (χ1v) is 11.7. The summed E-state index contributed by atoms with van der Waals surface area (Å²) >= 11 is 6.23. The van der Waals surface area contributed by atoms with Crippen LogP contribution in [0.25, 0.3) is 22.5 Å². The van der Waals surface area contributed by atoms with E-state index in [-0.39, 0.29) is 18.2 Å². The molecule has 2 amide bonds. The Bertz CT molecular complexity index is 1560. The van der Waals surface area contributed by atoms with Crippen LogP contribution >= 0.6 is 11.6 Å². The zero-order valence-corrected chi connectivity index (χ0v) is 20.0. The van der Waals surface area contributed by atoms with E-state index in [1.165, 1.54) is 0 Å². The minimum Gasteiger partial charge on any atom is -0.391 e. The number of fused-ring (bicyclic) bond motifs is 2. The van der Waals surface area contributed by atoms with Crippen LogP contribution in [0.5, 0.6) is 0 Å². The summed E-state index contributed by atoms with van der Waals surface area (Å²) in [5.41, 5.74) is 14.5. The number of nitrogens with two attached hydrogens (primary N) is 1. The molecule has 0 saturated carbocycles. The van der Waals surface area contributed by atoms with Crippen molar-refractivity contribution in [2.45, 2.75) is 32.9 Å². The van der Waals surface area contributed by atoms with E-state index in [1.807, 2.05) is 17.7 Å². The number of hydrogen-bond donors (Lipinski definition) is 4. The minimum absolute atomic E-state index is 0.113. The number of amides is 2. The number of rotatable bonds is 4. The van der Waals surface area contributed by atoms with Crippen LogP contribution in [0.15, 0.2) is 36.9 Å². The van der Waals surface area contributed by atoms with E-state index in [2.05, 4.69) is 26.0 Å². The standard InChI is InChI=1S/C23H21ClN10O2/c1-12-6-14(10-26-8-12)21-18(25)22-28-17(36)3-5-33(22)34(21)31-20-19(13-7-15(24)11-27-9-13)30-32-4-2-16(35)29-23(20)32/h6-11,31H,2-5,25H2,1H3,(H,29,30,35)/p+1. The Morgan fingerprint density at radius 1 is 1.06 bits per heavy atom. The van der Waals surface area contributed by atoms with E-state index >= 15 is 0 Å². The molecule has 0 unspecified atom stereocenters. The number of aromatic nitrogens is 6. The molecule has 2 aliphatic rings. The van der Waals surface area contributed by atoms with Gasteiger partial charge in [0.1, 0.15) is 23.6 Å². The summed E-state index contributed by atoms with van der Waals surface area (Å²) in [4.78, 5) is 34.8. The van der Waals surface area contributed by atoms with E-state index < -0.39 is 0 Å². The fraction of sp³-hybridized carbons (Fsp3) is 0.217. The smallest absolute Gasteiger partial charge is 0.283 e. The molecule has 4 aromatic rings. The Hall–Kier alpha value is -4.45. The second-order valence-corrected chi connectivity index (χ2v) is 9.13. The van der Waals surface area contributed by atoms with Gasteiger partial charge in [0.05, 0.1) is 18.0 Å². The highest BCUT2D eigenvalue weighted by Gasteiger charge is 2.35. The number of pyridine rings is 2. The first-order chi connectivity index (χ1) is 17.4. The fourth-order valence-corrected chi connectivity index (χ4v) is 4.69. The second kappa shape index (κ2) is 8.34. The summed E-state index contributed by atoms with van der Waals surface area (Å²) in [5, 5.41) is 11.0.